The molecule has 0 unspecified atom stereocenters. The first-order chi connectivity index (χ1) is 18.4. The molecule has 3 aliphatic rings. The minimum absolute atomic E-state index is 0.0730. The van der Waals surface area contributed by atoms with Crippen LogP contribution in [-0.2, 0) is 36.0 Å². The lowest BCUT2D eigenvalue weighted by Crippen LogP contribution is -2.69. The molecule has 0 N–H and O–H groups in total. The third-order valence-corrected chi connectivity index (χ3v) is 8.70. The third kappa shape index (κ3) is 3.49. The molecule has 0 radical (unpaired) electrons. The van der Waals surface area contributed by atoms with Crippen molar-refractivity contribution in [3.63, 3.8) is 0 Å². The van der Waals surface area contributed by atoms with Gasteiger partial charge in [-0.05, 0) is 79.0 Å². The standard InChI is InChI=1S/C28H34N6O4/c1-5-7-18-14-22(26(35)34-12-6-8-19-9-11-28(19,34)27(36)38-4)33-13-10-17-15-23(37-3)21(16-20(17)24(18)33)25-29-31-32(2)30-25/h14-16,19H,5-13H2,1-4H3/t19-,28+/m1/s1. The molecule has 0 spiro atoms. The normalized spacial score (nSPS) is 21.7. The van der Waals surface area contributed by atoms with Crippen molar-refractivity contribution < 1.29 is 19.1 Å². The van der Waals surface area contributed by atoms with Crippen LogP contribution in [0, 0.1) is 5.92 Å². The van der Waals surface area contributed by atoms with Gasteiger partial charge in [0.15, 0.2) is 0 Å². The minimum atomic E-state index is -0.829. The molecule has 4 heterocycles. The monoisotopic (exact) mass is 518 g/mol. The summed E-state index contributed by atoms with van der Waals surface area (Å²) in [7, 11) is 4.81. The van der Waals surface area contributed by atoms with E-state index in [1.54, 1.807) is 14.2 Å². The number of hydrogen-bond acceptors (Lipinski definition) is 7. The van der Waals surface area contributed by atoms with Crippen molar-refractivity contribution in [2.45, 2.75) is 64.0 Å². The van der Waals surface area contributed by atoms with Gasteiger partial charge in [0.25, 0.3) is 5.91 Å². The number of aromatic nitrogens is 5. The van der Waals surface area contributed by atoms with E-state index in [9.17, 15) is 9.59 Å². The number of tetrazole rings is 1. The van der Waals surface area contributed by atoms with E-state index >= 15 is 0 Å². The number of ether oxygens (including phenoxy) is 2. The van der Waals surface area contributed by atoms with Crippen LogP contribution < -0.4 is 4.74 Å². The van der Waals surface area contributed by atoms with Crippen LogP contribution in [0.1, 0.15) is 60.6 Å². The molecule has 1 saturated heterocycles. The van der Waals surface area contributed by atoms with Gasteiger partial charge in [-0.2, -0.15) is 4.80 Å². The molecule has 2 fully saturated rings. The molecule has 3 aromatic rings. The number of rotatable bonds is 6. The zero-order valence-electron chi connectivity index (χ0n) is 22.5. The molecule has 1 aliphatic carbocycles. The average Bonchev–Trinajstić information content (AvgIpc) is 3.51. The van der Waals surface area contributed by atoms with Gasteiger partial charge in [0.05, 0.1) is 32.5 Å². The maximum Gasteiger partial charge on any atom is 0.332 e. The van der Waals surface area contributed by atoms with Crippen molar-refractivity contribution in [2.24, 2.45) is 13.0 Å². The number of likely N-dealkylation sites (tertiary alicyclic amines) is 1. The number of fused-ring (bicyclic) bond motifs is 4. The van der Waals surface area contributed by atoms with Gasteiger partial charge in [0.1, 0.15) is 17.0 Å². The lowest BCUT2D eigenvalue weighted by atomic mass is 9.61. The molecule has 1 saturated carbocycles. The number of amides is 1. The molecule has 1 aromatic carbocycles. The second-order valence-electron chi connectivity index (χ2n) is 10.6. The number of benzene rings is 1. The maximum atomic E-state index is 14.3. The van der Waals surface area contributed by atoms with E-state index in [2.05, 4.69) is 39.0 Å². The van der Waals surface area contributed by atoms with Gasteiger partial charge in [-0.15, -0.1) is 10.2 Å². The molecule has 2 aromatic heterocycles. The molecule has 10 heteroatoms. The number of methoxy groups -OCH3 is 2. The topological polar surface area (TPSA) is 104 Å². The van der Waals surface area contributed by atoms with Crippen molar-refractivity contribution in [1.82, 2.24) is 29.7 Å². The Morgan fingerprint density at radius 3 is 2.63 bits per heavy atom. The number of carbonyl (C=O) groups is 2. The summed E-state index contributed by atoms with van der Waals surface area (Å²) in [5.74, 6) is 1.02. The van der Waals surface area contributed by atoms with Gasteiger partial charge in [0, 0.05) is 18.7 Å². The summed E-state index contributed by atoms with van der Waals surface area (Å²) in [5, 5.41) is 12.6. The van der Waals surface area contributed by atoms with E-state index < -0.39 is 5.54 Å². The van der Waals surface area contributed by atoms with E-state index in [1.807, 2.05) is 11.0 Å². The van der Waals surface area contributed by atoms with E-state index in [1.165, 1.54) is 17.5 Å². The molecule has 2 atom stereocenters. The van der Waals surface area contributed by atoms with Gasteiger partial charge in [-0.3, -0.25) is 4.79 Å². The predicted octanol–water partition coefficient (Wildman–Crippen LogP) is 3.42. The Bertz CT molecular complexity index is 1420. The second kappa shape index (κ2) is 9.25. The fraction of sp³-hybridized carbons (Fsp3) is 0.536. The highest BCUT2D eigenvalue weighted by Gasteiger charge is 2.60. The highest BCUT2D eigenvalue weighted by atomic mass is 16.5. The summed E-state index contributed by atoms with van der Waals surface area (Å²) in [5.41, 5.74) is 5.00. The fourth-order valence-corrected chi connectivity index (χ4v) is 6.84. The van der Waals surface area contributed by atoms with Crippen LogP contribution in [0.15, 0.2) is 18.2 Å². The van der Waals surface area contributed by atoms with E-state index in [4.69, 9.17) is 9.47 Å². The van der Waals surface area contributed by atoms with Crippen LogP contribution in [0.4, 0.5) is 0 Å². The Morgan fingerprint density at radius 1 is 1.13 bits per heavy atom. The number of carbonyl (C=O) groups excluding carboxylic acids is 2. The molecule has 10 nitrogen and oxygen atoms in total. The number of nitrogens with zero attached hydrogens (tertiary/aromatic N) is 6. The van der Waals surface area contributed by atoms with Gasteiger partial charge in [-0.1, -0.05) is 13.3 Å². The molecule has 38 heavy (non-hydrogen) atoms. The maximum absolute atomic E-state index is 14.3. The first-order valence-electron chi connectivity index (χ1n) is 13.5. The number of esters is 1. The molecular weight excluding hydrogens is 484 g/mol. The number of piperidine rings is 1. The zero-order chi connectivity index (χ0) is 26.6. The van der Waals surface area contributed by atoms with E-state index in [0.29, 0.717) is 36.8 Å². The van der Waals surface area contributed by atoms with Crippen LogP contribution in [0.25, 0.3) is 22.6 Å². The molecule has 0 bridgehead atoms. The smallest absolute Gasteiger partial charge is 0.332 e. The summed E-state index contributed by atoms with van der Waals surface area (Å²) in [4.78, 5) is 30.5. The van der Waals surface area contributed by atoms with Gasteiger partial charge < -0.3 is 18.9 Å². The van der Waals surface area contributed by atoms with Gasteiger partial charge >= 0.3 is 5.97 Å². The number of aryl methyl sites for hydroxylation is 3. The summed E-state index contributed by atoms with van der Waals surface area (Å²) in [6.07, 6.45) is 6.05. The Labute approximate surface area is 221 Å². The Morgan fingerprint density at radius 2 is 1.97 bits per heavy atom. The van der Waals surface area contributed by atoms with Crippen molar-refractivity contribution in [3.05, 3.63) is 35.0 Å². The lowest BCUT2D eigenvalue weighted by molar-refractivity contribution is -0.171. The predicted molar refractivity (Wildman–Crippen MR) is 140 cm³/mol. The summed E-state index contributed by atoms with van der Waals surface area (Å²) < 4.78 is 13.1. The zero-order valence-corrected chi connectivity index (χ0v) is 22.5. The lowest BCUT2D eigenvalue weighted by Gasteiger charge is -2.56. The molecule has 2 aliphatic heterocycles. The Balaban J connectivity index is 1.48. The quantitative estimate of drug-likeness (QED) is 0.461. The molecule has 1 amide bonds. The molecule has 6 rings (SSSR count). The fourth-order valence-electron chi connectivity index (χ4n) is 6.84. The second-order valence-corrected chi connectivity index (χ2v) is 10.6. The summed E-state index contributed by atoms with van der Waals surface area (Å²) in [6.45, 7) is 3.40. The first kappa shape index (κ1) is 24.6. The van der Waals surface area contributed by atoms with Gasteiger partial charge in [-0.25, -0.2) is 4.79 Å². The SMILES string of the molecule is CCCc1cc(C(=O)N2CCC[C@@H]3CC[C@@]32C(=O)OC)n2c1-c1cc(-c3nnn(C)n3)c(OC)cc1CC2. The molecular formula is C28H34N6O4. The van der Waals surface area contributed by atoms with E-state index in [-0.39, 0.29) is 17.8 Å². The highest BCUT2D eigenvalue weighted by Crippen LogP contribution is 2.50. The van der Waals surface area contributed by atoms with Gasteiger partial charge in [0.2, 0.25) is 5.82 Å². The first-order valence-corrected chi connectivity index (χ1v) is 13.5. The van der Waals surface area contributed by atoms with Crippen LogP contribution in [0.3, 0.4) is 0 Å². The molecule has 200 valence electrons. The average molecular weight is 519 g/mol. The largest absolute Gasteiger partial charge is 0.496 e. The van der Waals surface area contributed by atoms with Crippen molar-refractivity contribution in [3.8, 4) is 28.4 Å². The van der Waals surface area contributed by atoms with Crippen LogP contribution in [-0.4, -0.2) is 67.9 Å². The van der Waals surface area contributed by atoms with E-state index in [0.717, 1.165) is 60.9 Å². The Hall–Kier alpha value is -3.69. The van der Waals surface area contributed by atoms with Crippen LogP contribution in [0.2, 0.25) is 0 Å². The summed E-state index contributed by atoms with van der Waals surface area (Å²) in [6, 6.07) is 6.18. The van der Waals surface area contributed by atoms with Crippen LogP contribution in [0.5, 0.6) is 5.75 Å². The van der Waals surface area contributed by atoms with Crippen molar-refractivity contribution >= 4 is 11.9 Å². The van der Waals surface area contributed by atoms with Crippen LogP contribution >= 0.6 is 0 Å². The highest BCUT2D eigenvalue weighted by molar-refractivity contribution is 5.99. The minimum Gasteiger partial charge on any atom is -0.496 e. The van der Waals surface area contributed by atoms with Crippen molar-refractivity contribution in [2.75, 3.05) is 20.8 Å². The summed E-state index contributed by atoms with van der Waals surface area (Å²) >= 11 is 0. The van der Waals surface area contributed by atoms with Crippen molar-refractivity contribution in [1.29, 1.82) is 0 Å². The number of hydrogen-bond donors (Lipinski definition) is 0. The Kier molecular flexibility index (Phi) is 6.00. The third-order valence-electron chi connectivity index (χ3n) is 8.70.